The van der Waals surface area contributed by atoms with Crippen LogP contribution in [0.1, 0.15) is 42.9 Å². The molecule has 2 aromatic heterocycles. The van der Waals surface area contributed by atoms with E-state index in [1.54, 1.807) is 0 Å². The molecule has 1 aromatic carbocycles. The van der Waals surface area contributed by atoms with E-state index in [2.05, 4.69) is 68.3 Å². The van der Waals surface area contributed by atoms with Crippen molar-refractivity contribution in [2.45, 2.75) is 46.2 Å². The van der Waals surface area contributed by atoms with Crippen molar-refractivity contribution in [2.24, 2.45) is 0 Å². The number of nitrogens with zero attached hydrogens (tertiary/aromatic N) is 4. The first-order valence-electron chi connectivity index (χ1n) is 11.5. The highest BCUT2D eigenvalue weighted by Crippen LogP contribution is 2.25. The summed E-state index contributed by atoms with van der Waals surface area (Å²) >= 11 is 0. The smallest absolute Gasteiger partial charge is 0.222 e. The molecule has 1 fully saturated rings. The van der Waals surface area contributed by atoms with Gasteiger partial charge in [0.15, 0.2) is 5.82 Å². The molecule has 0 saturated carbocycles. The van der Waals surface area contributed by atoms with Crippen LogP contribution in [0.4, 0.5) is 11.8 Å². The first kappa shape index (κ1) is 21.6. The standard InChI is InChI=1S/C24H35N7/c1-3-4-5-9-27-23-22-21(28-24(25)29-23)8-12-31(22)17-20-7-6-19(15-18(20)2)16-30-13-10-26-11-14-30/h6-8,12,15,26H,3-5,9-11,13-14,16-17H2,1-2H3,(H3,25,27,28,29). The number of rotatable bonds is 9. The van der Waals surface area contributed by atoms with E-state index in [9.17, 15) is 0 Å². The van der Waals surface area contributed by atoms with Crippen LogP contribution in [0.3, 0.4) is 0 Å². The van der Waals surface area contributed by atoms with Crippen LogP contribution in [0.2, 0.25) is 0 Å². The van der Waals surface area contributed by atoms with E-state index in [-0.39, 0.29) is 0 Å². The minimum atomic E-state index is 0.316. The highest BCUT2D eigenvalue weighted by molar-refractivity contribution is 5.87. The molecule has 0 amide bonds. The van der Waals surface area contributed by atoms with Gasteiger partial charge in [0.25, 0.3) is 0 Å². The van der Waals surface area contributed by atoms with Crippen LogP contribution >= 0.6 is 0 Å². The van der Waals surface area contributed by atoms with Crippen molar-refractivity contribution in [1.82, 2.24) is 24.8 Å². The molecular weight excluding hydrogens is 386 g/mol. The Morgan fingerprint density at radius 3 is 2.71 bits per heavy atom. The van der Waals surface area contributed by atoms with E-state index < -0.39 is 0 Å². The summed E-state index contributed by atoms with van der Waals surface area (Å²) < 4.78 is 2.23. The van der Waals surface area contributed by atoms with E-state index >= 15 is 0 Å². The fraction of sp³-hybridized carbons (Fsp3) is 0.500. The van der Waals surface area contributed by atoms with Crippen molar-refractivity contribution >= 4 is 22.8 Å². The maximum absolute atomic E-state index is 5.96. The summed E-state index contributed by atoms with van der Waals surface area (Å²) in [6.07, 6.45) is 5.61. The average Bonchev–Trinajstić information content (AvgIpc) is 3.16. The fourth-order valence-corrected chi connectivity index (χ4v) is 4.31. The van der Waals surface area contributed by atoms with Crippen LogP contribution in [-0.2, 0) is 13.1 Å². The van der Waals surface area contributed by atoms with Crippen LogP contribution in [-0.4, -0.2) is 52.2 Å². The van der Waals surface area contributed by atoms with Gasteiger partial charge in [0, 0.05) is 52.0 Å². The Labute approximate surface area is 185 Å². The Balaban J connectivity index is 1.52. The van der Waals surface area contributed by atoms with E-state index in [0.717, 1.165) is 69.1 Å². The number of fused-ring (bicyclic) bond motifs is 1. The van der Waals surface area contributed by atoms with Gasteiger partial charge in [-0.3, -0.25) is 4.90 Å². The van der Waals surface area contributed by atoms with Crippen LogP contribution in [0.25, 0.3) is 11.0 Å². The van der Waals surface area contributed by atoms with Gasteiger partial charge in [-0.1, -0.05) is 38.0 Å². The van der Waals surface area contributed by atoms with Gasteiger partial charge < -0.3 is 20.9 Å². The van der Waals surface area contributed by atoms with Crippen molar-refractivity contribution in [3.63, 3.8) is 0 Å². The largest absolute Gasteiger partial charge is 0.368 e. The molecule has 0 atom stereocenters. The lowest BCUT2D eigenvalue weighted by Crippen LogP contribution is -2.42. The number of aromatic nitrogens is 3. The lowest BCUT2D eigenvalue weighted by molar-refractivity contribution is 0.233. The van der Waals surface area contributed by atoms with Gasteiger partial charge >= 0.3 is 0 Å². The lowest BCUT2D eigenvalue weighted by Gasteiger charge is -2.27. The predicted molar refractivity (Wildman–Crippen MR) is 128 cm³/mol. The third-order valence-electron chi connectivity index (χ3n) is 6.06. The van der Waals surface area contributed by atoms with E-state index in [4.69, 9.17) is 5.73 Å². The molecule has 4 N–H and O–H groups in total. The van der Waals surface area contributed by atoms with Crippen LogP contribution in [0, 0.1) is 6.92 Å². The Morgan fingerprint density at radius 1 is 1.10 bits per heavy atom. The minimum Gasteiger partial charge on any atom is -0.368 e. The van der Waals surface area contributed by atoms with E-state index in [1.165, 1.54) is 29.5 Å². The van der Waals surface area contributed by atoms with Crippen molar-refractivity contribution in [2.75, 3.05) is 43.8 Å². The number of benzene rings is 1. The fourth-order valence-electron chi connectivity index (χ4n) is 4.31. The molecule has 7 heteroatoms. The second kappa shape index (κ2) is 10.1. The Bertz CT molecular complexity index is 1000. The van der Waals surface area contributed by atoms with E-state index in [1.807, 2.05) is 6.07 Å². The zero-order valence-electron chi connectivity index (χ0n) is 18.8. The molecule has 0 bridgehead atoms. The number of nitrogen functional groups attached to an aromatic ring is 1. The van der Waals surface area contributed by atoms with Crippen molar-refractivity contribution in [3.05, 3.63) is 47.2 Å². The van der Waals surface area contributed by atoms with Crippen molar-refractivity contribution in [3.8, 4) is 0 Å². The van der Waals surface area contributed by atoms with Crippen molar-refractivity contribution < 1.29 is 0 Å². The SMILES string of the molecule is CCCCCNc1nc(N)nc2ccn(Cc3ccc(CN4CCNCC4)cc3C)c12. The predicted octanol–water partition coefficient (Wildman–Crippen LogP) is 3.38. The maximum atomic E-state index is 5.96. The number of unbranched alkanes of at least 4 members (excludes halogenated alkanes) is 2. The molecule has 4 rings (SSSR count). The summed E-state index contributed by atoms with van der Waals surface area (Å²) in [5.74, 6) is 1.15. The van der Waals surface area contributed by atoms with E-state index in [0.29, 0.717) is 5.95 Å². The summed E-state index contributed by atoms with van der Waals surface area (Å²) in [7, 11) is 0. The van der Waals surface area contributed by atoms with Gasteiger partial charge in [0.05, 0.1) is 5.52 Å². The monoisotopic (exact) mass is 421 g/mol. The second-order valence-electron chi connectivity index (χ2n) is 8.53. The average molecular weight is 422 g/mol. The lowest BCUT2D eigenvalue weighted by atomic mass is 10.0. The third kappa shape index (κ3) is 5.35. The molecule has 1 saturated heterocycles. The molecular formula is C24H35N7. The zero-order valence-corrected chi connectivity index (χ0v) is 18.8. The molecule has 166 valence electrons. The Morgan fingerprint density at radius 2 is 1.94 bits per heavy atom. The first-order chi connectivity index (χ1) is 15.1. The van der Waals surface area contributed by atoms with Gasteiger partial charge in [-0.2, -0.15) is 4.98 Å². The van der Waals surface area contributed by atoms with Crippen molar-refractivity contribution in [1.29, 1.82) is 0 Å². The summed E-state index contributed by atoms with van der Waals surface area (Å²) in [5, 5.41) is 6.90. The molecule has 0 unspecified atom stereocenters. The van der Waals surface area contributed by atoms with Gasteiger partial charge in [-0.05, 0) is 36.1 Å². The molecule has 1 aliphatic rings. The number of hydrogen-bond donors (Lipinski definition) is 3. The number of piperazine rings is 1. The second-order valence-corrected chi connectivity index (χ2v) is 8.53. The zero-order chi connectivity index (χ0) is 21.6. The highest BCUT2D eigenvalue weighted by Gasteiger charge is 2.14. The van der Waals surface area contributed by atoms with Crippen LogP contribution in [0.5, 0.6) is 0 Å². The van der Waals surface area contributed by atoms with Crippen LogP contribution < -0.4 is 16.4 Å². The summed E-state index contributed by atoms with van der Waals surface area (Å²) in [5.41, 5.74) is 11.9. The van der Waals surface area contributed by atoms with Gasteiger partial charge in [-0.25, -0.2) is 4.98 Å². The molecule has 0 radical (unpaired) electrons. The minimum absolute atomic E-state index is 0.316. The molecule has 0 aliphatic carbocycles. The normalized spacial score (nSPS) is 14.9. The molecule has 3 aromatic rings. The number of aryl methyl sites for hydroxylation is 1. The van der Waals surface area contributed by atoms with Gasteiger partial charge in [0.1, 0.15) is 5.52 Å². The topological polar surface area (TPSA) is 84.0 Å². The quantitative estimate of drug-likeness (QED) is 0.460. The molecule has 3 heterocycles. The number of nitrogens with one attached hydrogen (secondary N) is 2. The van der Waals surface area contributed by atoms with Crippen LogP contribution in [0.15, 0.2) is 30.5 Å². The molecule has 0 spiro atoms. The summed E-state index contributed by atoms with van der Waals surface area (Å²) in [6, 6.07) is 8.90. The number of hydrogen-bond acceptors (Lipinski definition) is 6. The highest BCUT2D eigenvalue weighted by atomic mass is 15.2. The Kier molecular flexibility index (Phi) is 7.04. The number of anilines is 2. The maximum Gasteiger partial charge on any atom is 0.222 e. The molecule has 1 aliphatic heterocycles. The molecule has 31 heavy (non-hydrogen) atoms. The first-order valence-corrected chi connectivity index (χ1v) is 11.5. The summed E-state index contributed by atoms with van der Waals surface area (Å²) in [4.78, 5) is 11.5. The van der Waals surface area contributed by atoms with Gasteiger partial charge in [0.2, 0.25) is 5.95 Å². The molecule has 7 nitrogen and oxygen atoms in total. The van der Waals surface area contributed by atoms with Gasteiger partial charge in [-0.15, -0.1) is 0 Å². The number of nitrogens with two attached hydrogens (primary N) is 1. The summed E-state index contributed by atoms with van der Waals surface area (Å²) in [6.45, 7) is 11.5. The third-order valence-corrected chi connectivity index (χ3v) is 6.06. The Hall–Kier alpha value is -2.64.